The van der Waals surface area contributed by atoms with Crippen LogP contribution < -0.4 is 0 Å². The smallest absolute Gasteiger partial charge is 0.187 e. The Morgan fingerprint density at radius 3 is 1.42 bits per heavy atom. The molecule has 0 saturated heterocycles. The van der Waals surface area contributed by atoms with E-state index >= 15 is 0 Å². The molecule has 0 bridgehead atoms. The molecule has 5 heteroatoms. The molecule has 0 heterocycles. The van der Waals surface area contributed by atoms with E-state index in [-0.39, 0.29) is 28.2 Å². The van der Waals surface area contributed by atoms with Crippen LogP contribution in [0.4, 0.5) is 4.39 Å². The van der Waals surface area contributed by atoms with Crippen molar-refractivity contribution in [1.29, 1.82) is 0 Å². The van der Waals surface area contributed by atoms with Crippen molar-refractivity contribution in [3.8, 4) is 0 Å². The molecule has 0 amide bonds. The van der Waals surface area contributed by atoms with Crippen LogP contribution in [0, 0.1) is 10.8 Å². The van der Waals surface area contributed by atoms with E-state index in [1.54, 1.807) is 39.0 Å². The summed E-state index contributed by atoms with van der Waals surface area (Å²) in [6.07, 6.45) is 22.9. The van der Waals surface area contributed by atoms with Gasteiger partial charge in [0.05, 0.1) is 0 Å². The monoisotopic (exact) mass is 614 g/mol. The molecule has 0 unspecified atom stereocenters. The minimum absolute atomic E-state index is 0.201. The molecule has 45 heavy (non-hydrogen) atoms. The number of Topliss-reactive ketones (excluding diaryl/α,β-unsaturated/α-hetero) is 2. The molecule has 2 N–H and O–H groups in total. The van der Waals surface area contributed by atoms with Gasteiger partial charge in [0.15, 0.2) is 11.6 Å². The first-order chi connectivity index (χ1) is 20.9. The number of hydrogen-bond donors (Lipinski definition) is 2. The average Bonchev–Trinajstić information content (AvgIpc) is 2.93. The Labute approximate surface area is 269 Å². The lowest BCUT2D eigenvalue weighted by atomic mass is 9.71. The summed E-state index contributed by atoms with van der Waals surface area (Å²) in [4.78, 5) is 24.5. The minimum Gasteiger partial charge on any atom is -0.385 e. The van der Waals surface area contributed by atoms with Crippen LogP contribution >= 0.6 is 0 Å². The second kappa shape index (κ2) is 16.1. The molecule has 0 aromatic heterocycles. The van der Waals surface area contributed by atoms with Crippen molar-refractivity contribution in [2.45, 2.75) is 94.3 Å². The van der Waals surface area contributed by atoms with Gasteiger partial charge in [-0.05, 0) is 99.2 Å². The predicted molar refractivity (Wildman–Crippen MR) is 185 cm³/mol. The number of ketones is 2. The summed E-state index contributed by atoms with van der Waals surface area (Å²) in [7, 11) is 0. The minimum atomic E-state index is -0.944. The summed E-state index contributed by atoms with van der Waals surface area (Å²) >= 11 is 0. The first-order valence-corrected chi connectivity index (χ1v) is 15.5. The molecule has 0 radical (unpaired) electrons. The molecule has 0 fully saturated rings. The lowest BCUT2D eigenvalue weighted by Gasteiger charge is -2.34. The zero-order chi connectivity index (χ0) is 34.1. The zero-order valence-corrected chi connectivity index (χ0v) is 28.7. The van der Waals surface area contributed by atoms with Crippen molar-refractivity contribution in [3.63, 3.8) is 0 Å². The van der Waals surface area contributed by atoms with Gasteiger partial charge in [-0.3, -0.25) is 9.59 Å². The molecule has 0 aromatic rings. The molecule has 242 valence electrons. The van der Waals surface area contributed by atoms with Gasteiger partial charge in [0.1, 0.15) is 18.0 Å². The van der Waals surface area contributed by atoms with Crippen molar-refractivity contribution < 1.29 is 24.2 Å². The maximum absolute atomic E-state index is 14.6. The van der Waals surface area contributed by atoms with Crippen LogP contribution in [0.5, 0.6) is 0 Å². The van der Waals surface area contributed by atoms with E-state index < -0.39 is 12.2 Å². The summed E-state index contributed by atoms with van der Waals surface area (Å²) in [5.74, 6) is -0.746. The maximum atomic E-state index is 14.6. The molecular formula is C40H51FO4. The van der Waals surface area contributed by atoms with E-state index in [0.29, 0.717) is 29.6 Å². The van der Waals surface area contributed by atoms with Crippen molar-refractivity contribution in [1.82, 2.24) is 0 Å². The standard InChI is InChI=1S/C40H51FO4/c1-26(14-11-15-27(2)20-22-32-30(5)37(44)35(42)24-39(32,7)8)17-13-19-34(41)29(4)18-12-16-28(3)21-23-33-31(6)38(45)36(43)25-40(33,9)10/h11-23,35-36,42-43H,24-25H2,1-10H3/b14-11+,18-12+,19-13+,22-20+,23-21+,26-17+,27-15+,28-16+,34-29-/t35-,36-/m0/s1. The number of rotatable bonds is 10. The van der Waals surface area contributed by atoms with Crippen molar-refractivity contribution >= 4 is 11.6 Å². The highest BCUT2D eigenvalue weighted by molar-refractivity contribution is 6.01. The van der Waals surface area contributed by atoms with E-state index in [9.17, 15) is 24.2 Å². The molecule has 0 spiro atoms. The Kier molecular flexibility index (Phi) is 13.4. The van der Waals surface area contributed by atoms with Crippen LogP contribution in [0.3, 0.4) is 0 Å². The van der Waals surface area contributed by atoms with Crippen LogP contribution in [0.2, 0.25) is 0 Å². The number of aliphatic hydroxyl groups excluding tert-OH is 2. The van der Waals surface area contributed by atoms with Gasteiger partial charge in [0.25, 0.3) is 0 Å². The van der Waals surface area contributed by atoms with Gasteiger partial charge in [-0.25, -0.2) is 4.39 Å². The Balaban J connectivity index is 2.01. The summed E-state index contributed by atoms with van der Waals surface area (Å²) < 4.78 is 14.6. The fourth-order valence-corrected chi connectivity index (χ4v) is 5.64. The van der Waals surface area contributed by atoms with Crippen LogP contribution in [-0.2, 0) is 9.59 Å². The number of hydrogen-bond acceptors (Lipinski definition) is 4. The highest BCUT2D eigenvalue weighted by atomic mass is 19.1. The maximum Gasteiger partial charge on any atom is 0.187 e. The lowest BCUT2D eigenvalue weighted by Crippen LogP contribution is -2.35. The van der Waals surface area contributed by atoms with Gasteiger partial charge < -0.3 is 10.2 Å². The van der Waals surface area contributed by atoms with Gasteiger partial charge in [0.2, 0.25) is 0 Å². The van der Waals surface area contributed by atoms with Crippen molar-refractivity contribution in [2.75, 3.05) is 0 Å². The first kappa shape index (κ1) is 37.5. The van der Waals surface area contributed by atoms with Crippen LogP contribution in [0.25, 0.3) is 0 Å². The fraction of sp³-hybridized carbons (Fsp3) is 0.400. The molecule has 2 aliphatic carbocycles. The van der Waals surface area contributed by atoms with E-state index in [4.69, 9.17) is 0 Å². The molecule has 4 nitrogen and oxygen atoms in total. The second-order valence-corrected chi connectivity index (χ2v) is 13.5. The van der Waals surface area contributed by atoms with Gasteiger partial charge in [0, 0.05) is 0 Å². The quantitative estimate of drug-likeness (QED) is 0.241. The van der Waals surface area contributed by atoms with Gasteiger partial charge >= 0.3 is 0 Å². The Morgan fingerprint density at radius 2 is 1.00 bits per heavy atom. The summed E-state index contributed by atoms with van der Waals surface area (Å²) in [5, 5.41) is 20.0. The zero-order valence-electron chi connectivity index (χ0n) is 28.7. The van der Waals surface area contributed by atoms with Gasteiger partial charge in [-0.1, -0.05) is 117 Å². The molecule has 0 aliphatic heterocycles. The van der Waals surface area contributed by atoms with E-state index in [1.807, 2.05) is 103 Å². The van der Waals surface area contributed by atoms with Crippen molar-refractivity contribution in [2.24, 2.45) is 10.8 Å². The highest BCUT2D eigenvalue weighted by Crippen LogP contribution is 2.40. The summed E-state index contributed by atoms with van der Waals surface area (Å²) in [6.45, 7) is 19.2. The third-order valence-electron chi connectivity index (χ3n) is 8.45. The number of carbonyl (C=O) groups excluding carboxylic acids is 2. The summed E-state index contributed by atoms with van der Waals surface area (Å²) in [5.41, 5.74) is 5.94. The fourth-order valence-electron chi connectivity index (χ4n) is 5.64. The van der Waals surface area contributed by atoms with Crippen LogP contribution in [0.1, 0.15) is 82.1 Å². The van der Waals surface area contributed by atoms with Crippen LogP contribution in [0.15, 0.2) is 129 Å². The predicted octanol–water partition coefficient (Wildman–Crippen LogP) is 9.20. The summed E-state index contributed by atoms with van der Waals surface area (Å²) in [6, 6.07) is 0. The van der Waals surface area contributed by atoms with E-state index in [1.165, 1.54) is 6.08 Å². The number of aliphatic hydroxyl groups is 2. The first-order valence-electron chi connectivity index (χ1n) is 15.5. The Bertz CT molecular complexity index is 1510. The third-order valence-corrected chi connectivity index (χ3v) is 8.45. The molecule has 2 rings (SSSR count). The second-order valence-electron chi connectivity index (χ2n) is 13.5. The van der Waals surface area contributed by atoms with E-state index in [2.05, 4.69) is 0 Å². The van der Waals surface area contributed by atoms with Crippen LogP contribution in [-0.4, -0.2) is 34.0 Å². The molecule has 0 aromatic carbocycles. The van der Waals surface area contributed by atoms with Gasteiger partial charge in [-0.15, -0.1) is 0 Å². The third kappa shape index (κ3) is 10.7. The Hall–Kier alpha value is -3.67. The average molecular weight is 615 g/mol. The van der Waals surface area contributed by atoms with Crippen molar-refractivity contribution in [3.05, 3.63) is 129 Å². The van der Waals surface area contributed by atoms with E-state index in [0.717, 1.165) is 27.9 Å². The Morgan fingerprint density at radius 1 is 0.644 bits per heavy atom. The molecule has 2 aliphatic rings. The largest absolute Gasteiger partial charge is 0.385 e. The number of halogens is 1. The molecule has 2 atom stereocenters. The topological polar surface area (TPSA) is 74.6 Å². The normalized spacial score (nSPS) is 24.5. The van der Waals surface area contributed by atoms with Gasteiger partial charge in [-0.2, -0.15) is 0 Å². The SMILES string of the molecule is CC1=C(/C=C/C(C)=C/C=C/C(C)=C(F)/C=C/C=C(C)/C=C/C=C(C)/C=C/C2=C(C)C(=O)[C@@H](O)CC2(C)C)C(C)(C)C[C@H](O)C1=O. The number of allylic oxidation sites excluding steroid dienone is 20. The highest BCUT2D eigenvalue weighted by Gasteiger charge is 2.37. The molecule has 0 saturated carbocycles. The lowest BCUT2D eigenvalue weighted by molar-refractivity contribution is -0.126. The number of carbonyl (C=O) groups is 2. The molecular weight excluding hydrogens is 563 g/mol.